The highest BCUT2D eigenvalue weighted by Crippen LogP contribution is 2.14. The molecule has 0 bridgehead atoms. The number of halogens is 2. The van der Waals surface area contributed by atoms with Gasteiger partial charge in [-0.25, -0.2) is 0 Å². The highest BCUT2D eigenvalue weighted by molar-refractivity contribution is 6.30. The van der Waals surface area contributed by atoms with Gasteiger partial charge in [0, 0.05) is 30.1 Å². The van der Waals surface area contributed by atoms with Crippen molar-refractivity contribution in [1.29, 1.82) is 0 Å². The zero-order valence-electron chi connectivity index (χ0n) is 11.9. The van der Waals surface area contributed by atoms with Crippen LogP contribution in [0.3, 0.4) is 0 Å². The van der Waals surface area contributed by atoms with Gasteiger partial charge in [-0.1, -0.05) is 47.5 Å². The number of hydrogen-bond acceptors (Lipinski definition) is 1. The van der Waals surface area contributed by atoms with Gasteiger partial charge in [-0.2, -0.15) is 0 Å². The number of amides is 1. The molecule has 0 heterocycles. The zero-order valence-corrected chi connectivity index (χ0v) is 13.4. The van der Waals surface area contributed by atoms with Gasteiger partial charge in [0.1, 0.15) is 0 Å². The van der Waals surface area contributed by atoms with Crippen LogP contribution in [0.25, 0.3) is 0 Å². The summed E-state index contributed by atoms with van der Waals surface area (Å²) in [4.78, 5) is 13.9. The lowest BCUT2D eigenvalue weighted by Crippen LogP contribution is -2.26. The fourth-order valence-corrected chi connectivity index (χ4v) is 2.43. The van der Waals surface area contributed by atoms with Gasteiger partial charge in [0.25, 0.3) is 0 Å². The van der Waals surface area contributed by atoms with Crippen LogP contribution >= 0.6 is 23.2 Å². The molecule has 0 saturated carbocycles. The first-order valence-electron chi connectivity index (χ1n) is 6.77. The van der Waals surface area contributed by atoms with Crippen LogP contribution in [0.5, 0.6) is 0 Å². The van der Waals surface area contributed by atoms with E-state index in [0.717, 1.165) is 11.1 Å². The van der Waals surface area contributed by atoms with Gasteiger partial charge in [0.05, 0.1) is 0 Å². The third kappa shape index (κ3) is 5.07. The summed E-state index contributed by atoms with van der Waals surface area (Å²) in [5, 5.41) is 1.41. The van der Waals surface area contributed by atoms with Crippen molar-refractivity contribution in [2.75, 3.05) is 7.05 Å². The first-order chi connectivity index (χ1) is 10.0. The number of benzene rings is 2. The highest BCUT2D eigenvalue weighted by atomic mass is 35.5. The molecule has 0 aliphatic heterocycles. The second kappa shape index (κ2) is 7.48. The van der Waals surface area contributed by atoms with Gasteiger partial charge in [-0.3, -0.25) is 4.79 Å². The Morgan fingerprint density at radius 3 is 2.38 bits per heavy atom. The summed E-state index contributed by atoms with van der Waals surface area (Å²) in [7, 11) is 1.81. The average molecular weight is 322 g/mol. The summed E-state index contributed by atoms with van der Waals surface area (Å²) < 4.78 is 0. The number of nitrogens with zero attached hydrogens (tertiary/aromatic N) is 1. The molecule has 21 heavy (non-hydrogen) atoms. The Labute approximate surface area is 135 Å². The average Bonchev–Trinajstić information content (AvgIpc) is 2.47. The second-order valence-electron chi connectivity index (χ2n) is 5.01. The minimum atomic E-state index is 0.116. The van der Waals surface area contributed by atoms with Gasteiger partial charge in [-0.05, 0) is 41.8 Å². The quantitative estimate of drug-likeness (QED) is 0.789. The van der Waals surface area contributed by atoms with Crippen LogP contribution in [-0.2, 0) is 17.8 Å². The molecule has 2 nitrogen and oxygen atoms in total. The molecule has 2 rings (SSSR count). The van der Waals surface area contributed by atoms with Crippen LogP contribution in [0.4, 0.5) is 0 Å². The topological polar surface area (TPSA) is 20.3 Å². The van der Waals surface area contributed by atoms with E-state index in [9.17, 15) is 4.79 Å². The van der Waals surface area contributed by atoms with E-state index in [1.807, 2.05) is 55.6 Å². The Morgan fingerprint density at radius 1 is 1.00 bits per heavy atom. The van der Waals surface area contributed by atoms with E-state index in [1.54, 1.807) is 4.90 Å². The predicted octanol–water partition coefficient (Wildman–Crippen LogP) is 4.58. The Morgan fingerprint density at radius 2 is 1.71 bits per heavy atom. The van der Waals surface area contributed by atoms with Gasteiger partial charge in [0.15, 0.2) is 0 Å². The molecule has 0 aliphatic rings. The molecule has 0 aromatic heterocycles. The first kappa shape index (κ1) is 15.9. The summed E-state index contributed by atoms with van der Waals surface area (Å²) in [5.74, 6) is 0.116. The van der Waals surface area contributed by atoms with E-state index in [-0.39, 0.29) is 5.91 Å². The van der Waals surface area contributed by atoms with Gasteiger partial charge < -0.3 is 4.90 Å². The zero-order chi connectivity index (χ0) is 15.2. The molecule has 0 atom stereocenters. The van der Waals surface area contributed by atoms with Crippen molar-refractivity contribution in [3.05, 3.63) is 69.7 Å². The molecule has 0 radical (unpaired) electrons. The first-order valence-corrected chi connectivity index (χ1v) is 7.53. The minimum absolute atomic E-state index is 0.116. The number of rotatable bonds is 5. The lowest BCUT2D eigenvalue weighted by atomic mass is 10.1. The van der Waals surface area contributed by atoms with E-state index in [0.29, 0.717) is 29.4 Å². The maximum atomic E-state index is 12.1. The van der Waals surface area contributed by atoms with E-state index in [1.165, 1.54) is 0 Å². The molecule has 0 spiro atoms. The lowest BCUT2D eigenvalue weighted by Gasteiger charge is -2.17. The maximum Gasteiger partial charge on any atom is 0.222 e. The maximum absolute atomic E-state index is 12.1. The molecular formula is C17H17Cl2NO. The monoisotopic (exact) mass is 321 g/mol. The third-order valence-corrected chi connectivity index (χ3v) is 3.76. The summed E-state index contributed by atoms with van der Waals surface area (Å²) in [6.07, 6.45) is 1.18. The van der Waals surface area contributed by atoms with Gasteiger partial charge in [0.2, 0.25) is 5.91 Å². The molecule has 0 unspecified atom stereocenters. The van der Waals surface area contributed by atoms with Crippen molar-refractivity contribution >= 4 is 29.1 Å². The number of aryl methyl sites for hydroxylation is 1. The molecule has 2 aromatic rings. The van der Waals surface area contributed by atoms with E-state index >= 15 is 0 Å². The Balaban J connectivity index is 1.86. The molecule has 0 N–H and O–H groups in total. The third-order valence-electron chi connectivity index (χ3n) is 3.28. The van der Waals surface area contributed by atoms with Crippen LogP contribution in [0.1, 0.15) is 17.5 Å². The van der Waals surface area contributed by atoms with E-state index in [4.69, 9.17) is 23.2 Å². The summed E-state index contributed by atoms with van der Waals surface area (Å²) in [6.45, 7) is 0.589. The molecular weight excluding hydrogens is 305 g/mol. The minimum Gasteiger partial charge on any atom is -0.341 e. The lowest BCUT2D eigenvalue weighted by molar-refractivity contribution is -0.130. The fourth-order valence-electron chi connectivity index (χ4n) is 2.09. The molecule has 0 saturated heterocycles. The largest absolute Gasteiger partial charge is 0.341 e. The summed E-state index contributed by atoms with van der Waals surface area (Å²) >= 11 is 11.8. The van der Waals surface area contributed by atoms with Gasteiger partial charge in [-0.15, -0.1) is 0 Å². The second-order valence-corrected chi connectivity index (χ2v) is 5.88. The molecule has 2 aromatic carbocycles. The summed E-state index contributed by atoms with van der Waals surface area (Å²) in [6, 6.07) is 15.2. The molecule has 1 amide bonds. The van der Waals surface area contributed by atoms with Crippen LogP contribution in [-0.4, -0.2) is 17.9 Å². The Kier molecular flexibility index (Phi) is 5.66. The van der Waals surface area contributed by atoms with Crippen LogP contribution in [0, 0.1) is 0 Å². The number of hydrogen-bond donors (Lipinski definition) is 0. The normalized spacial score (nSPS) is 10.4. The standard InChI is InChI=1S/C17H17Cl2NO/c1-20(12-14-5-8-15(18)9-6-14)17(21)10-7-13-3-2-4-16(19)11-13/h2-6,8-9,11H,7,10,12H2,1H3. The molecule has 110 valence electrons. The summed E-state index contributed by atoms with van der Waals surface area (Å²) in [5.41, 5.74) is 2.15. The fraction of sp³-hybridized carbons (Fsp3) is 0.235. The van der Waals surface area contributed by atoms with Crippen molar-refractivity contribution < 1.29 is 4.79 Å². The van der Waals surface area contributed by atoms with Crippen molar-refractivity contribution in [3.63, 3.8) is 0 Å². The SMILES string of the molecule is CN(Cc1ccc(Cl)cc1)C(=O)CCc1cccc(Cl)c1. The van der Waals surface area contributed by atoms with Crippen molar-refractivity contribution in [3.8, 4) is 0 Å². The van der Waals surface area contributed by atoms with E-state index < -0.39 is 0 Å². The Bertz CT molecular complexity index is 610. The van der Waals surface area contributed by atoms with Crippen molar-refractivity contribution in [1.82, 2.24) is 4.90 Å². The van der Waals surface area contributed by atoms with Crippen LogP contribution in [0.15, 0.2) is 48.5 Å². The molecule has 4 heteroatoms. The van der Waals surface area contributed by atoms with Crippen molar-refractivity contribution in [2.24, 2.45) is 0 Å². The number of carbonyl (C=O) groups is 1. The molecule has 0 aliphatic carbocycles. The molecule has 0 fully saturated rings. The predicted molar refractivity (Wildman–Crippen MR) is 87.7 cm³/mol. The van der Waals surface area contributed by atoms with Gasteiger partial charge >= 0.3 is 0 Å². The Hall–Kier alpha value is -1.51. The van der Waals surface area contributed by atoms with Crippen LogP contribution in [0.2, 0.25) is 10.0 Å². The van der Waals surface area contributed by atoms with Crippen LogP contribution < -0.4 is 0 Å². The number of carbonyl (C=O) groups excluding carboxylic acids is 1. The van der Waals surface area contributed by atoms with Crippen molar-refractivity contribution in [2.45, 2.75) is 19.4 Å². The van der Waals surface area contributed by atoms with E-state index in [2.05, 4.69) is 0 Å². The highest BCUT2D eigenvalue weighted by Gasteiger charge is 2.09. The smallest absolute Gasteiger partial charge is 0.222 e.